The third kappa shape index (κ3) is 1.44. The van der Waals surface area contributed by atoms with E-state index in [4.69, 9.17) is 0 Å². The second kappa shape index (κ2) is 3.62. The molecule has 16 heavy (non-hydrogen) atoms. The highest BCUT2D eigenvalue weighted by atomic mass is 15.3. The lowest BCUT2D eigenvalue weighted by atomic mass is 10.0. The Balaban J connectivity index is 2.93. The Kier molecular flexibility index (Phi) is 2.53. The van der Waals surface area contributed by atoms with Crippen LogP contribution >= 0.6 is 0 Å². The van der Waals surface area contributed by atoms with Gasteiger partial charge in [0, 0.05) is 18.1 Å². The van der Waals surface area contributed by atoms with E-state index < -0.39 is 0 Å². The van der Waals surface area contributed by atoms with Crippen molar-refractivity contribution in [2.24, 2.45) is 0 Å². The summed E-state index contributed by atoms with van der Waals surface area (Å²) in [6.07, 6.45) is 2.21. The third-order valence-corrected chi connectivity index (χ3v) is 3.33. The molecular formula is C14H21N2+. The van der Waals surface area contributed by atoms with Crippen molar-refractivity contribution in [3.63, 3.8) is 0 Å². The summed E-state index contributed by atoms with van der Waals surface area (Å²) in [4.78, 5) is 0. The predicted molar refractivity (Wildman–Crippen MR) is 66.1 cm³/mol. The summed E-state index contributed by atoms with van der Waals surface area (Å²) in [7, 11) is 0. The first-order valence-corrected chi connectivity index (χ1v) is 5.94. The summed E-state index contributed by atoms with van der Waals surface area (Å²) in [5.74, 6) is 0.576. The number of aryl methyl sites for hydroxylation is 4. The zero-order valence-electron chi connectivity index (χ0n) is 11.1. The lowest BCUT2D eigenvalue weighted by Gasteiger charge is -2.00. The molecule has 0 amide bonds. The van der Waals surface area contributed by atoms with Crippen LogP contribution in [0.1, 0.15) is 48.0 Å². The van der Waals surface area contributed by atoms with Gasteiger partial charge >= 0.3 is 0 Å². The normalized spacial score (nSPS) is 11.7. The van der Waals surface area contributed by atoms with Crippen LogP contribution in [-0.4, -0.2) is 4.52 Å². The van der Waals surface area contributed by atoms with Gasteiger partial charge in [-0.3, -0.25) is 0 Å². The fraction of sp³-hybridized carbons (Fsp3) is 0.500. The fourth-order valence-corrected chi connectivity index (χ4v) is 2.86. The average molecular weight is 217 g/mol. The maximum absolute atomic E-state index is 2.30. The van der Waals surface area contributed by atoms with Crippen LogP contribution in [0.25, 0.3) is 0 Å². The molecule has 2 heteroatoms. The fourth-order valence-electron chi connectivity index (χ4n) is 2.86. The van der Waals surface area contributed by atoms with Gasteiger partial charge < -0.3 is 0 Å². The predicted octanol–water partition coefficient (Wildman–Crippen LogP) is 2.88. The molecule has 2 heterocycles. The maximum Gasteiger partial charge on any atom is 0.215 e. The van der Waals surface area contributed by atoms with E-state index in [0.29, 0.717) is 5.92 Å². The minimum atomic E-state index is 0.576. The van der Waals surface area contributed by atoms with Gasteiger partial charge in [-0.1, -0.05) is 18.4 Å². The molecule has 0 spiro atoms. The minimum absolute atomic E-state index is 0.576. The Morgan fingerprint density at radius 2 is 1.75 bits per heavy atom. The highest BCUT2D eigenvalue weighted by Crippen LogP contribution is 2.21. The molecule has 2 aromatic rings. The molecule has 0 atom stereocenters. The van der Waals surface area contributed by atoms with Crippen molar-refractivity contribution in [2.45, 2.75) is 47.5 Å². The lowest BCUT2D eigenvalue weighted by Crippen LogP contribution is -2.32. The maximum atomic E-state index is 2.30. The zero-order valence-corrected chi connectivity index (χ0v) is 11.1. The minimum Gasteiger partial charge on any atom is -0.124 e. The molecule has 0 bridgehead atoms. The zero-order chi connectivity index (χ0) is 12.0. The summed E-state index contributed by atoms with van der Waals surface area (Å²) in [6.45, 7) is 13.3. The Hall–Kier alpha value is -1.31. The first kappa shape index (κ1) is 11.2. The van der Waals surface area contributed by atoms with Crippen LogP contribution in [-0.2, 0) is 0 Å². The summed E-state index contributed by atoms with van der Waals surface area (Å²) in [6, 6.07) is 2.23. The molecule has 86 valence electrons. The van der Waals surface area contributed by atoms with Gasteiger partial charge in [-0.05, 0) is 32.8 Å². The topological polar surface area (TPSA) is 8.51 Å². The van der Waals surface area contributed by atoms with Crippen LogP contribution in [0.3, 0.4) is 0 Å². The number of rotatable bonds is 1. The molecule has 0 aromatic carbocycles. The highest BCUT2D eigenvalue weighted by molar-refractivity contribution is 5.27. The quantitative estimate of drug-likeness (QED) is 0.649. The summed E-state index contributed by atoms with van der Waals surface area (Å²) >= 11 is 0. The van der Waals surface area contributed by atoms with E-state index in [9.17, 15) is 0 Å². The smallest absolute Gasteiger partial charge is 0.124 e. The van der Waals surface area contributed by atoms with Crippen molar-refractivity contribution in [1.29, 1.82) is 0 Å². The Labute approximate surface area is 97.5 Å². The monoisotopic (exact) mass is 217 g/mol. The van der Waals surface area contributed by atoms with Crippen molar-refractivity contribution >= 4 is 0 Å². The summed E-state index contributed by atoms with van der Waals surface area (Å²) in [5, 5.41) is 0. The molecule has 0 saturated heterocycles. The van der Waals surface area contributed by atoms with Crippen molar-refractivity contribution in [3.05, 3.63) is 40.5 Å². The average Bonchev–Trinajstić information content (AvgIpc) is 2.38. The van der Waals surface area contributed by atoms with Crippen molar-refractivity contribution in [1.82, 2.24) is 4.52 Å². The van der Waals surface area contributed by atoms with Crippen molar-refractivity contribution in [2.75, 3.05) is 0 Å². The largest absolute Gasteiger partial charge is 0.215 e. The van der Waals surface area contributed by atoms with Crippen molar-refractivity contribution < 1.29 is 4.52 Å². The highest BCUT2D eigenvalue weighted by Gasteiger charge is 2.23. The Bertz CT molecular complexity index is 548. The number of nitrogens with zero attached hydrogens (tertiary/aromatic N) is 2. The third-order valence-electron chi connectivity index (χ3n) is 3.33. The van der Waals surface area contributed by atoms with Gasteiger partial charge in [-0.25, -0.2) is 0 Å². The Morgan fingerprint density at radius 3 is 2.31 bits per heavy atom. The van der Waals surface area contributed by atoms with Crippen LogP contribution < -0.4 is 4.52 Å². The molecule has 0 aliphatic rings. The molecular weight excluding hydrogens is 196 g/mol. The van der Waals surface area contributed by atoms with Gasteiger partial charge in [0.15, 0.2) is 0 Å². The van der Waals surface area contributed by atoms with Crippen LogP contribution in [0.15, 0.2) is 12.3 Å². The molecule has 0 aliphatic heterocycles. The van der Waals surface area contributed by atoms with E-state index in [1.165, 1.54) is 28.2 Å². The van der Waals surface area contributed by atoms with E-state index >= 15 is 0 Å². The molecule has 2 nitrogen and oxygen atoms in total. The molecule has 0 fully saturated rings. The van der Waals surface area contributed by atoms with Gasteiger partial charge in [0.1, 0.15) is 0 Å². The van der Waals surface area contributed by atoms with E-state index in [0.717, 1.165) is 0 Å². The molecule has 0 saturated carbocycles. The van der Waals surface area contributed by atoms with E-state index in [1.807, 2.05) is 0 Å². The van der Waals surface area contributed by atoms with Gasteiger partial charge in [0.05, 0.1) is 11.4 Å². The van der Waals surface area contributed by atoms with Crippen LogP contribution in [0.4, 0.5) is 0 Å². The second-order valence-electron chi connectivity index (χ2n) is 5.05. The van der Waals surface area contributed by atoms with Crippen LogP contribution in [0.5, 0.6) is 0 Å². The first-order chi connectivity index (χ1) is 7.43. The van der Waals surface area contributed by atoms with Gasteiger partial charge in [0.25, 0.3) is 0 Å². The summed E-state index contributed by atoms with van der Waals surface area (Å²) in [5.41, 5.74) is 6.81. The molecule has 2 aromatic heterocycles. The van der Waals surface area contributed by atoms with Crippen LogP contribution in [0.2, 0.25) is 0 Å². The first-order valence-electron chi connectivity index (χ1n) is 5.94. The van der Waals surface area contributed by atoms with E-state index in [-0.39, 0.29) is 0 Å². The summed E-state index contributed by atoms with van der Waals surface area (Å²) < 4.78 is 4.58. The SMILES string of the molecule is Cc1cc(C)n2c(C)c(C(C)C)c(C)[n+]2c1. The molecule has 0 N–H and O–H groups in total. The van der Waals surface area contributed by atoms with Crippen LogP contribution in [0, 0.1) is 27.7 Å². The molecule has 0 radical (unpaired) electrons. The molecule has 0 unspecified atom stereocenters. The number of fused-ring (bicyclic) bond motifs is 1. The van der Waals surface area contributed by atoms with E-state index in [1.54, 1.807) is 0 Å². The number of hydrogen-bond donors (Lipinski definition) is 0. The molecule has 2 rings (SSSR count). The lowest BCUT2D eigenvalue weighted by molar-refractivity contribution is -0.625. The number of aromatic nitrogens is 2. The molecule has 0 aliphatic carbocycles. The van der Waals surface area contributed by atoms with Gasteiger partial charge in [-0.15, -0.1) is 4.52 Å². The standard InChI is InChI=1S/C14H21N2/c1-9(2)14-12(5)15-8-10(3)7-11(4)16(15)13(14)6/h7-9H,1-6H3/q+1. The van der Waals surface area contributed by atoms with E-state index in [2.05, 4.69) is 62.8 Å². The van der Waals surface area contributed by atoms with Gasteiger partial charge in [-0.2, -0.15) is 0 Å². The Morgan fingerprint density at radius 1 is 1.12 bits per heavy atom. The number of hydrogen-bond acceptors (Lipinski definition) is 0. The van der Waals surface area contributed by atoms with Gasteiger partial charge in [0.2, 0.25) is 11.9 Å². The second-order valence-corrected chi connectivity index (χ2v) is 5.05. The van der Waals surface area contributed by atoms with Crippen molar-refractivity contribution in [3.8, 4) is 0 Å².